The van der Waals surface area contributed by atoms with E-state index in [4.69, 9.17) is 0 Å². The van der Waals surface area contributed by atoms with Gasteiger partial charge >= 0.3 is 0 Å². The number of hydrogen-bond acceptors (Lipinski definition) is 2. The largest absolute Gasteiger partial charge is 0.352 e. The van der Waals surface area contributed by atoms with Crippen molar-refractivity contribution in [3.05, 3.63) is 0 Å². The molecule has 1 aliphatic heterocycles. The van der Waals surface area contributed by atoms with Crippen LogP contribution in [0.2, 0.25) is 0 Å². The van der Waals surface area contributed by atoms with Crippen molar-refractivity contribution in [2.45, 2.75) is 45.1 Å². The van der Waals surface area contributed by atoms with Gasteiger partial charge in [0.1, 0.15) is 0 Å². The predicted molar refractivity (Wildman–Crippen MR) is 67.5 cm³/mol. The summed E-state index contributed by atoms with van der Waals surface area (Å²) in [6, 6.07) is 0.507. The molecule has 2 aliphatic carbocycles. The van der Waals surface area contributed by atoms with Crippen molar-refractivity contribution in [1.82, 2.24) is 10.6 Å². The van der Waals surface area contributed by atoms with Crippen LogP contribution in [0.15, 0.2) is 0 Å². The molecule has 1 amide bonds. The van der Waals surface area contributed by atoms with E-state index in [-0.39, 0.29) is 0 Å². The van der Waals surface area contributed by atoms with Crippen molar-refractivity contribution in [2.75, 3.05) is 13.1 Å². The molecule has 96 valence electrons. The summed E-state index contributed by atoms with van der Waals surface area (Å²) >= 11 is 0. The zero-order chi connectivity index (χ0) is 11.8. The van der Waals surface area contributed by atoms with E-state index in [0.717, 1.165) is 43.7 Å². The number of carbonyl (C=O) groups is 1. The van der Waals surface area contributed by atoms with Crippen molar-refractivity contribution in [1.29, 1.82) is 0 Å². The van der Waals surface area contributed by atoms with Crippen LogP contribution in [0, 0.1) is 23.7 Å². The Morgan fingerprint density at radius 2 is 1.82 bits per heavy atom. The zero-order valence-corrected chi connectivity index (χ0v) is 10.7. The fourth-order valence-electron chi connectivity index (χ4n) is 3.75. The van der Waals surface area contributed by atoms with E-state index in [2.05, 4.69) is 17.6 Å². The second-order valence-corrected chi connectivity index (χ2v) is 6.15. The molecule has 3 aliphatic rings. The second-order valence-electron chi connectivity index (χ2n) is 6.15. The van der Waals surface area contributed by atoms with E-state index >= 15 is 0 Å². The standard InChI is InChI=1S/C14H24N2O/c1-2-9-3-5-10(6-4-9)14(17)16-13-11-7-15-8-12(11)13/h9-13,15H,2-8H2,1H3,(H,16,17). The summed E-state index contributed by atoms with van der Waals surface area (Å²) in [7, 11) is 0. The molecule has 2 N–H and O–H groups in total. The third-order valence-electron chi connectivity index (χ3n) is 5.20. The van der Waals surface area contributed by atoms with Crippen LogP contribution >= 0.6 is 0 Å². The van der Waals surface area contributed by atoms with Crippen molar-refractivity contribution in [3.63, 3.8) is 0 Å². The lowest BCUT2D eigenvalue weighted by Crippen LogP contribution is -2.38. The Morgan fingerprint density at radius 3 is 2.41 bits per heavy atom. The summed E-state index contributed by atoms with van der Waals surface area (Å²) in [5.41, 5.74) is 0. The van der Waals surface area contributed by atoms with E-state index in [1.54, 1.807) is 0 Å². The molecule has 1 heterocycles. The van der Waals surface area contributed by atoms with Gasteiger partial charge < -0.3 is 10.6 Å². The van der Waals surface area contributed by atoms with Crippen molar-refractivity contribution < 1.29 is 4.79 Å². The molecule has 3 fully saturated rings. The lowest BCUT2D eigenvalue weighted by atomic mass is 9.80. The molecule has 3 nitrogen and oxygen atoms in total. The van der Waals surface area contributed by atoms with Gasteiger partial charge in [0.15, 0.2) is 0 Å². The Bertz CT molecular complexity index is 287. The van der Waals surface area contributed by atoms with Crippen LogP contribution in [0.25, 0.3) is 0 Å². The zero-order valence-electron chi connectivity index (χ0n) is 10.7. The minimum atomic E-state index is 0.312. The number of hydrogen-bond donors (Lipinski definition) is 2. The lowest BCUT2D eigenvalue weighted by Gasteiger charge is -2.27. The average Bonchev–Trinajstić information content (AvgIpc) is 2.80. The Balaban J connectivity index is 1.44. The maximum absolute atomic E-state index is 12.1. The summed E-state index contributed by atoms with van der Waals surface area (Å²) in [6.07, 6.45) is 6.03. The predicted octanol–water partition coefficient (Wildman–Crippen LogP) is 1.54. The average molecular weight is 236 g/mol. The van der Waals surface area contributed by atoms with Crippen molar-refractivity contribution in [3.8, 4) is 0 Å². The number of carbonyl (C=O) groups excluding carboxylic acids is 1. The fraction of sp³-hybridized carbons (Fsp3) is 0.929. The molecule has 1 saturated heterocycles. The first-order valence-electron chi connectivity index (χ1n) is 7.30. The molecule has 3 heteroatoms. The summed E-state index contributed by atoms with van der Waals surface area (Å²) < 4.78 is 0. The van der Waals surface area contributed by atoms with Crippen LogP contribution in [-0.2, 0) is 4.79 Å². The molecule has 0 bridgehead atoms. The van der Waals surface area contributed by atoms with E-state index < -0.39 is 0 Å². The van der Waals surface area contributed by atoms with Gasteiger partial charge in [0.05, 0.1) is 0 Å². The highest BCUT2D eigenvalue weighted by molar-refractivity contribution is 5.79. The van der Waals surface area contributed by atoms with Crippen LogP contribution in [0.3, 0.4) is 0 Å². The number of rotatable bonds is 3. The topological polar surface area (TPSA) is 41.1 Å². The Kier molecular flexibility index (Phi) is 3.12. The van der Waals surface area contributed by atoms with Crippen molar-refractivity contribution >= 4 is 5.91 Å². The molecule has 2 saturated carbocycles. The molecule has 3 rings (SSSR count). The second kappa shape index (κ2) is 4.60. The highest BCUT2D eigenvalue weighted by atomic mass is 16.2. The summed E-state index contributed by atoms with van der Waals surface area (Å²) in [6.45, 7) is 4.49. The van der Waals surface area contributed by atoms with Crippen LogP contribution in [0.1, 0.15) is 39.0 Å². The molecular weight excluding hydrogens is 212 g/mol. The van der Waals surface area contributed by atoms with Gasteiger partial charge in [-0.3, -0.25) is 4.79 Å². The Hall–Kier alpha value is -0.570. The molecule has 0 spiro atoms. The molecule has 0 aromatic carbocycles. The Morgan fingerprint density at radius 1 is 1.18 bits per heavy atom. The fourth-order valence-corrected chi connectivity index (χ4v) is 3.75. The van der Waals surface area contributed by atoms with Gasteiger partial charge in [-0.1, -0.05) is 13.3 Å². The van der Waals surface area contributed by atoms with Gasteiger partial charge in [-0.2, -0.15) is 0 Å². The maximum Gasteiger partial charge on any atom is 0.223 e. The lowest BCUT2D eigenvalue weighted by molar-refractivity contribution is -0.126. The van der Waals surface area contributed by atoms with Gasteiger partial charge in [-0.25, -0.2) is 0 Å². The maximum atomic E-state index is 12.1. The molecule has 0 radical (unpaired) electrons. The number of fused-ring (bicyclic) bond motifs is 1. The third-order valence-corrected chi connectivity index (χ3v) is 5.20. The van der Waals surface area contributed by atoms with Gasteiger partial charge in [0, 0.05) is 25.0 Å². The number of nitrogens with one attached hydrogen (secondary N) is 2. The smallest absolute Gasteiger partial charge is 0.223 e. The first-order chi connectivity index (χ1) is 8.29. The molecule has 0 aromatic heterocycles. The number of amides is 1. The highest BCUT2D eigenvalue weighted by Gasteiger charge is 2.53. The minimum Gasteiger partial charge on any atom is -0.352 e. The Labute approximate surface area is 104 Å². The summed E-state index contributed by atoms with van der Waals surface area (Å²) in [4.78, 5) is 12.1. The normalized spacial score (nSPS) is 44.2. The van der Waals surface area contributed by atoms with Gasteiger partial charge in [0.2, 0.25) is 5.91 Å². The number of piperidine rings is 1. The van der Waals surface area contributed by atoms with Gasteiger partial charge in [-0.05, 0) is 43.4 Å². The van der Waals surface area contributed by atoms with E-state index in [0.29, 0.717) is 17.9 Å². The molecule has 17 heavy (non-hydrogen) atoms. The van der Waals surface area contributed by atoms with E-state index in [1.165, 1.54) is 19.3 Å². The molecule has 2 unspecified atom stereocenters. The molecule has 0 aromatic rings. The first kappa shape index (κ1) is 11.5. The van der Waals surface area contributed by atoms with Crippen molar-refractivity contribution in [2.24, 2.45) is 23.7 Å². The van der Waals surface area contributed by atoms with Crippen LogP contribution in [0.4, 0.5) is 0 Å². The summed E-state index contributed by atoms with van der Waals surface area (Å²) in [5.74, 6) is 3.02. The van der Waals surface area contributed by atoms with Crippen LogP contribution < -0.4 is 10.6 Å². The minimum absolute atomic E-state index is 0.312. The summed E-state index contributed by atoms with van der Waals surface area (Å²) in [5, 5.41) is 6.65. The van der Waals surface area contributed by atoms with Gasteiger partial charge in [-0.15, -0.1) is 0 Å². The highest BCUT2D eigenvalue weighted by Crippen LogP contribution is 2.42. The first-order valence-corrected chi connectivity index (χ1v) is 7.30. The van der Waals surface area contributed by atoms with Crippen LogP contribution in [0.5, 0.6) is 0 Å². The quantitative estimate of drug-likeness (QED) is 0.780. The van der Waals surface area contributed by atoms with E-state index in [9.17, 15) is 4.79 Å². The van der Waals surface area contributed by atoms with Crippen LogP contribution in [-0.4, -0.2) is 25.0 Å². The van der Waals surface area contributed by atoms with Gasteiger partial charge in [0.25, 0.3) is 0 Å². The third kappa shape index (κ3) is 2.22. The monoisotopic (exact) mass is 236 g/mol. The SMILES string of the molecule is CCC1CCC(C(=O)NC2C3CNCC32)CC1. The molecule has 2 atom stereocenters. The molecular formula is C14H24N2O. The van der Waals surface area contributed by atoms with E-state index in [1.807, 2.05) is 0 Å².